The van der Waals surface area contributed by atoms with E-state index in [4.69, 9.17) is 0 Å². The number of ether oxygens (including phenoxy) is 2. The molecule has 0 aliphatic heterocycles. The van der Waals surface area contributed by atoms with Crippen LogP contribution in [0.25, 0.3) is 0 Å². The number of amides is 1. The molecule has 0 aliphatic rings. The van der Waals surface area contributed by atoms with Crippen LogP contribution in [0.1, 0.15) is 0 Å². The van der Waals surface area contributed by atoms with Crippen LogP contribution >= 0.6 is 0 Å². The second-order valence-corrected chi connectivity index (χ2v) is 1.26. The van der Waals surface area contributed by atoms with Gasteiger partial charge in [0.15, 0.2) is 0 Å². The van der Waals surface area contributed by atoms with E-state index in [9.17, 15) is 9.59 Å². The van der Waals surface area contributed by atoms with Crippen LogP contribution in [-0.2, 0) is 14.3 Å². The van der Waals surface area contributed by atoms with Gasteiger partial charge in [0.25, 0.3) is 0 Å². The van der Waals surface area contributed by atoms with Gasteiger partial charge in [-0.2, -0.15) is 0 Å². The van der Waals surface area contributed by atoms with Crippen LogP contribution in [0, 0.1) is 0 Å². The molecule has 5 heteroatoms. The standard InChI is InChI=1S/C5H7NO4/c1-9-4(7)2-3-10-5(6)8/h2-3H,1H3,(H2,6,8)/b3-2+. The van der Waals surface area contributed by atoms with Crippen LogP contribution < -0.4 is 5.73 Å². The second-order valence-electron chi connectivity index (χ2n) is 1.26. The zero-order chi connectivity index (χ0) is 7.98. The number of hydrogen-bond donors (Lipinski definition) is 1. The lowest BCUT2D eigenvalue weighted by molar-refractivity contribution is -0.134. The first-order valence-corrected chi connectivity index (χ1v) is 2.37. The number of nitrogens with two attached hydrogens (primary N) is 1. The number of rotatable bonds is 2. The van der Waals surface area contributed by atoms with E-state index in [0.29, 0.717) is 0 Å². The van der Waals surface area contributed by atoms with Gasteiger partial charge in [-0.05, 0) is 0 Å². The molecule has 2 N–H and O–H groups in total. The van der Waals surface area contributed by atoms with Crippen molar-refractivity contribution in [3.8, 4) is 0 Å². The van der Waals surface area contributed by atoms with Crippen molar-refractivity contribution in [2.75, 3.05) is 7.11 Å². The van der Waals surface area contributed by atoms with Gasteiger partial charge < -0.3 is 15.2 Å². The average molecular weight is 145 g/mol. The van der Waals surface area contributed by atoms with Gasteiger partial charge in [0.05, 0.1) is 13.2 Å². The average Bonchev–Trinajstić information content (AvgIpc) is 1.87. The second kappa shape index (κ2) is 4.37. The fraction of sp³-hybridized carbons (Fsp3) is 0.200. The molecular formula is C5H7NO4. The highest BCUT2D eigenvalue weighted by atomic mass is 16.5. The summed E-state index contributed by atoms with van der Waals surface area (Å²) >= 11 is 0. The molecule has 0 aromatic carbocycles. The van der Waals surface area contributed by atoms with Crippen molar-refractivity contribution in [1.29, 1.82) is 0 Å². The summed E-state index contributed by atoms with van der Waals surface area (Å²) in [6, 6.07) is 0. The first-order valence-electron chi connectivity index (χ1n) is 2.37. The number of carbonyl (C=O) groups is 2. The zero-order valence-electron chi connectivity index (χ0n) is 5.37. The minimum Gasteiger partial charge on any atom is -0.466 e. The summed E-state index contributed by atoms with van der Waals surface area (Å²) in [5.41, 5.74) is 4.56. The van der Waals surface area contributed by atoms with E-state index in [-0.39, 0.29) is 0 Å². The third-order valence-corrected chi connectivity index (χ3v) is 0.590. The van der Waals surface area contributed by atoms with Crippen LogP contribution in [0.3, 0.4) is 0 Å². The van der Waals surface area contributed by atoms with Crippen molar-refractivity contribution in [2.24, 2.45) is 5.73 Å². The third-order valence-electron chi connectivity index (χ3n) is 0.590. The molecule has 0 fully saturated rings. The van der Waals surface area contributed by atoms with E-state index < -0.39 is 12.1 Å². The Morgan fingerprint density at radius 1 is 1.50 bits per heavy atom. The van der Waals surface area contributed by atoms with E-state index in [1.807, 2.05) is 0 Å². The molecule has 0 radical (unpaired) electrons. The number of methoxy groups -OCH3 is 1. The predicted molar refractivity (Wildman–Crippen MR) is 31.8 cm³/mol. The van der Waals surface area contributed by atoms with Crippen molar-refractivity contribution >= 4 is 12.1 Å². The maximum Gasteiger partial charge on any atom is 0.409 e. The van der Waals surface area contributed by atoms with E-state index in [1.165, 1.54) is 7.11 Å². The van der Waals surface area contributed by atoms with E-state index in [1.54, 1.807) is 0 Å². The minimum atomic E-state index is -0.972. The fourth-order valence-corrected chi connectivity index (χ4v) is 0.225. The summed E-state index contributed by atoms with van der Waals surface area (Å²) in [4.78, 5) is 20.1. The summed E-state index contributed by atoms with van der Waals surface area (Å²) in [7, 11) is 1.21. The van der Waals surface area contributed by atoms with Crippen LogP contribution in [-0.4, -0.2) is 19.2 Å². The smallest absolute Gasteiger partial charge is 0.409 e. The monoisotopic (exact) mass is 145 g/mol. The minimum absolute atomic E-state index is 0.610. The highest BCUT2D eigenvalue weighted by molar-refractivity contribution is 5.81. The molecule has 56 valence electrons. The molecule has 0 rings (SSSR count). The summed E-state index contributed by atoms with van der Waals surface area (Å²) in [5, 5.41) is 0. The number of primary amides is 1. The summed E-state index contributed by atoms with van der Waals surface area (Å²) in [5.74, 6) is -0.610. The first-order chi connectivity index (χ1) is 4.66. The maximum absolute atomic E-state index is 10.3. The van der Waals surface area contributed by atoms with Crippen molar-refractivity contribution in [2.45, 2.75) is 0 Å². The molecule has 5 nitrogen and oxygen atoms in total. The molecule has 0 spiro atoms. The van der Waals surface area contributed by atoms with Gasteiger partial charge in [0.2, 0.25) is 0 Å². The van der Waals surface area contributed by atoms with Crippen LogP contribution in [0.5, 0.6) is 0 Å². The summed E-state index contributed by atoms with van der Waals surface area (Å²) in [6.45, 7) is 0. The number of esters is 1. The topological polar surface area (TPSA) is 78.6 Å². The molecule has 0 heterocycles. The Bertz CT molecular complexity index is 163. The lowest BCUT2D eigenvalue weighted by atomic mass is 10.6. The first kappa shape index (κ1) is 8.48. The molecule has 0 aromatic heterocycles. The zero-order valence-corrected chi connectivity index (χ0v) is 5.37. The quantitative estimate of drug-likeness (QED) is 0.330. The van der Waals surface area contributed by atoms with Crippen LogP contribution in [0.15, 0.2) is 12.3 Å². The number of hydrogen-bond acceptors (Lipinski definition) is 4. The lowest BCUT2D eigenvalue weighted by Crippen LogP contribution is -2.09. The van der Waals surface area contributed by atoms with Crippen molar-refractivity contribution in [3.05, 3.63) is 12.3 Å². The molecule has 1 amide bonds. The van der Waals surface area contributed by atoms with Crippen LogP contribution in [0.4, 0.5) is 4.79 Å². The molecule has 0 saturated heterocycles. The van der Waals surface area contributed by atoms with Crippen molar-refractivity contribution < 1.29 is 19.1 Å². The van der Waals surface area contributed by atoms with E-state index >= 15 is 0 Å². The SMILES string of the molecule is COC(=O)/C=C/OC(N)=O. The molecular weight excluding hydrogens is 138 g/mol. The Morgan fingerprint density at radius 2 is 2.10 bits per heavy atom. The van der Waals surface area contributed by atoms with Gasteiger partial charge >= 0.3 is 12.1 Å². The van der Waals surface area contributed by atoms with Gasteiger partial charge in [-0.15, -0.1) is 0 Å². The van der Waals surface area contributed by atoms with Crippen LogP contribution in [0.2, 0.25) is 0 Å². The molecule has 0 aliphatic carbocycles. The van der Waals surface area contributed by atoms with E-state index in [2.05, 4.69) is 15.2 Å². The molecule has 0 aromatic rings. The molecule has 0 bridgehead atoms. The summed E-state index contributed by atoms with van der Waals surface area (Å²) in [6.07, 6.45) is 0.819. The molecule has 0 unspecified atom stereocenters. The highest BCUT2D eigenvalue weighted by Crippen LogP contribution is 1.79. The molecule has 0 saturated carbocycles. The highest BCUT2D eigenvalue weighted by Gasteiger charge is 1.91. The van der Waals surface area contributed by atoms with E-state index in [0.717, 1.165) is 12.3 Å². The Hall–Kier alpha value is -1.52. The normalized spacial score (nSPS) is 9.30. The Morgan fingerprint density at radius 3 is 2.50 bits per heavy atom. The van der Waals surface area contributed by atoms with Gasteiger partial charge in [0.1, 0.15) is 6.26 Å². The van der Waals surface area contributed by atoms with Gasteiger partial charge in [-0.25, -0.2) is 9.59 Å². The van der Waals surface area contributed by atoms with Gasteiger partial charge in [0, 0.05) is 0 Å². The van der Waals surface area contributed by atoms with Crippen molar-refractivity contribution in [3.63, 3.8) is 0 Å². The fourth-order valence-electron chi connectivity index (χ4n) is 0.225. The Balaban J connectivity index is 3.56. The lowest BCUT2D eigenvalue weighted by Gasteiger charge is -1.89. The van der Waals surface area contributed by atoms with Crippen molar-refractivity contribution in [1.82, 2.24) is 0 Å². The third kappa shape index (κ3) is 4.63. The summed E-state index contributed by atoms with van der Waals surface area (Å²) < 4.78 is 8.25. The van der Waals surface area contributed by atoms with Gasteiger partial charge in [-0.1, -0.05) is 0 Å². The predicted octanol–water partition coefficient (Wildman–Crippen LogP) is -0.232. The van der Waals surface area contributed by atoms with Gasteiger partial charge in [-0.3, -0.25) is 0 Å². The Kier molecular flexibility index (Phi) is 3.70. The molecule has 10 heavy (non-hydrogen) atoms. The number of carbonyl (C=O) groups excluding carboxylic acids is 2. The largest absolute Gasteiger partial charge is 0.466 e. The molecule has 0 atom stereocenters. The Labute approximate surface area is 57.4 Å². The maximum atomic E-state index is 10.3.